The summed E-state index contributed by atoms with van der Waals surface area (Å²) in [5.41, 5.74) is 1.11. The lowest BCUT2D eigenvalue weighted by Crippen LogP contribution is -2.02. The maximum absolute atomic E-state index is 11.8. The van der Waals surface area contributed by atoms with E-state index in [1.54, 1.807) is 24.3 Å². The first-order valence-electron chi connectivity index (χ1n) is 6.06. The van der Waals surface area contributed by atoms with E-state index in [1.807, 2.05) is 36.4 Å². The molecule has 0 aliphatic carbocycles. The van der Waals surface area contributed by atoms with Gasteiger partial charge < -0.3 is 4.42 Å². The van der Waals surface area contributed by atoms with E-state index in [1.165, 1.54) is 0 Å². The highest BCUT2D eigenvalue weighted by Gasteiger charge is 2.04. The number of fused-ring (bicyclic) bond motifs is 1. The summed E-state index contributed by atoms with van der Waals surface area (Å²) in [5.74, 6) is 0.258. The van der Waals surface area contributed by atoms with Gasteiger partial charge in [-0.2, -0.15) is 0 Å². The Balaban J connectivity index is 2.05. The molecule has 0 amide bonds. The SMILES string of the molecule is O=c1oc(/C=C/c2ccccc2)nc2cc(Cl)ccc12. The molecule has 0 atom stereocenters. The molecule has 3 rings (SSSR count). The van der Waals surface area contributed by atoms with E-state index in [0.717, 1.165) is 5.56 Å². The van der Waals surface area contributed by atoms with Crippen LogP contribution in [0, 0.1) is 0 Å². The van der Waals surface area contributed by atoms with E-state index in [2.05, 4.69) is 4.98 Å². The summed E-state index contributed by atoms with van der Waals surface area (Å²) in [6, 6.07) is 14.6. The van der Waals surface area contributed by atoms with Gasteiger partial charge in [-0.25, -0.2) is 9.78 Å². The van der Waals surface area contributed by atoms with Crippen molar-refractivity contribution in [2.24, 2.45) is 0 Å². The Morgan fingerprint density at radius 1 is 1.05 bits per heavy atom. The van der Waals surface area contributed by atoms with Crippen LogP contribution < -0.4 is 5.63 Å². The summed E-state index contributed by atoms with van der Waals surface area (Å²) in [6.07, 6.45) is 3.50. The lowest BCUT2D eigenvalue weighted by Gasteiger charge is -1.98. The Labute approximate surface area is 120 Å². The normalized spacial score (nSPS) is 11.2. The third kappa shape index (κ3) is 2.63. The standard InChI is InChI=1S/C16H10ClNO2/c17-12-7-8-13-14(10-12)18-15(20-16(13)19)9-6-11-4-2-1-3-5-11/h1-10H/b9-6+. The first-order chi connectivity index (χ1) is 9.72. The summed E-state index contributed by atoms with van der Waals surface area (Å²) in [6.45, 7) is 0. The number of hydrogen-bond donors (Lipinski definition) is 0. The van der Waals surface area contributed by atoms with E-state index in [4.69, 9.17) is 16.0 Å². The van der Waals surface area contributed by atoms with Gasteiger partial charge in [-0.05, 0) is 29.8 Å². The van der Waals surface area contributed by atoms with Crippen LogP contribution >= 0.6 is 11.6 Å². The van der Waals surface area contributed by atoms with Gasteiger partial charge in [0.25, 0.3) is 0 Å². The quantitative estimate of drug-likeness (QED) is 0.713. The fourth-order valence-corrected chi connectivity index (χ4v) is 2.03. The number of hydrogen-bond acceptors (Lipinski definition) is 3. The van der Waals surface area contributed by atoms with Gasteiger partial charge in [-0.3, -0.25) is 0 Å². The average molecular weight is 284 g/mol. The molecular weight excluding hydrogens is 274 g/mol. The van der Waals surface area contributed by atoms with Crippen LogP contribution in [0.3, 0.4) is 0 Å². The Kier molecular flexibility index (Phi) is 3.35. The average Bonchev–Trinajstić information content (AvgIpc) is 2.46. The van der Waals surface area contributed by atoms with Crippen LogP contribution in [-0.2, 0) is 0 Å². The van der Waals surface area contributed by atoms with Gasteiger partial charge in [-0.1, -0.05) is 41.9 Å². The smallest absolute Gasteiger partial charge is 0.347 e. The summed E-state index contributed by atoms with van der Waals surface area (Å²) in [5, 5.41) is 0.958. The Hall–Kier alpha value is -2.39. The molecule has 98 valence electrons. The lowest BCUT2D eigenvalue weighted by atomic mass is 10.2. The molecule has 0 fully saturated rings. The molecular formula is C16H10ClNO2. The molecule has 0 saturated carbocycles. The third-order valence-corrected chi connectivity index (χ3v) is 3.06. The van der Waals surface area contributed by atoms with Crippen LogP contribution in [-0.4, -0.2) is 4.98 Å². The van der Waals surface area contributed by atoms with Crippen LogP contribution in [0.1, 0.15) is 11.5 Å². The molecule has 3 aromatic rings. The van der Waals surface area contributed by atoms with Crippen LogP contribution in [0.15, 0.2) is 57.7 Å². The molecule has 1 aromatic heterocycles. The number of halogens is 1. The molecule has 0 spiro atoms. The number of aromatic nitrogens is 1. The zero-order chi connectivity index (χ0) is 13.9. The van der Waals surface area contributed by atoms with Crippen molar-refractivity contribution in [1.29, 1.82) is 0 Å². The largest absolute Gasteiger partial charge is 0.404 e. The maximum Gasteiger partial charge on any atom is 0.347 e. The summed E-state index contributed by atoms with van der Waals surface area (Å²) in [4.78, 5) is 16.1. The monoisotopic (exact) mass is 283 g/mol. The van der Waals surface area contributed by atoms with Crippen LogP contribution in [0.5, 0.6) is 0 Å². The Morgan fingerprint density at radius 2 is 1.85 bits per heavy atom. The fraction of sp³-hybridized carbons (Fsp3) is 0. The minimum absolute atomic E-state index is 0.258. The van der Waals surface area contributed by atoms with Gasteiger partial charge in [0.05, 0.1) is 10.9 Å². The van der Waals surface area contributed by atoms with Gasteiger partial charge in [-0.15, -0.1) is 0 Å². The molecule has 1 heterocycles. The third-order valence-electron chi connectivity index (χ3n) is 2.83. The molecule has 0 aliphatic heterocycles. The molecule has 3 nitrogen and oxygen atoms in total. The molecule has 0 bridgehead atoms. The first-order valence-corrected chi connectivity index (χ1v) is 6.44. The molecule has 0 radical (unpaired) electrons. The Bertz CT molecular complexity index is 838. The van der Waals surface area contributed by atoms with Crippen molar-refractivity contribution in [3.63, 3.8) is 0 Å². The van der Waals surface area contributed by atoms with Crippen LogP contribution in [0.4, 0.5) is 0 Å². The first kappa shape index (κ1) is 12.6. The van der Waals surface area contributed by atoms with Crippen molar-refractivity contribution >= 4 is 34.7 Å². The molecule has 20 heavy (non-hydrogen) atoms. The molecule has 2 aromatic carbocycles. The predicted octanol–water partition coefficient (Wildman–Crippen LogP) is 4.01. The van der Waals surface area contributed by atoms with E-state index in [9.17, 15) is 4.79 Å². The van der Waals surface area contributed by atoms with Crippen LogP contribution in [0.2, 0.25) is 5.02 Å². The Morgan fingerprint density at radius 3 is 2.65 bits per heavy atom. The molecule has 0 unspecified atom stereocenters. The second-order valence-electron chi connectivity index (χ2n) is 4.25. The summed E-state index contributed by atoms with van der Waals surface area (Å²) < 4.78 is 5.16. The topological polar surface area (TPSA) is 43.1 Å². The van der Waals surface area contributed by atoms with E-state index < -0.39 is 5.63 Å². The van der Waals surface area contributed by atoms with E-state index >= 15 is 0 Å². The predicted molar refractivity (Wildman–Crippen MR) is 80.7 cm³/mol. The highest BCUT2D eigenvalue weighted by Crippen LogP contribution is 2.16. The summed E-state index contributed by atoms with van der Waals surface area (Å²) >= 11 is 5.91. The van der Waals surface area contributed by atoms with Gasteiger partial charge in [0.2, 0.25) is 5.89 Å². The van der Waals surface area contributed by atoms with Gasteiger partial charge >= 0.3 is 5.63 Å². The fourth-order valence-electron chi connectivity index (χ4n) is 1.86. The van der Waals surface area contributed by atoms with E-state index in [-0.39, 0.29) is 5.89 Å². The minimum atomic E-state index is -0.417. The molecule has 4 heteroatoms. The summed E-state index contributed by atoms with van der Waals surface area (Å²) in [7, 11) is 0. The molecule has 0 saturated heterocycles. The second-order valence-corrected chi connectivity index (χ2v) is 4.68. The van der Waals surface area contributed by atoms with Crippen molar-refractivity contribution in [1.82, 2.24) is 4.98 Å². The van der Waals surface area contributed by atoms with Crippen molar-refractivity contribution in [2.45, 2.75) is 0 Å². The number of rotatable bonds is 2. The minimum Gasteiger partial charge on any atom is -0.404 e. The van der Waals surface area contributed by atoms with Gasteiger partial charge in [0.1, 0.15) is 0 Å². The lowest BCUT2D eigenvalue weighted by molar-refractivity contribution is 0.491. The highest BCUT2D eigenvalue weighted by atomic mass is 35.5. The number of benzene rings is 2. The maximum atomic E-state index is 11.8. The van der Waals surface area contributed by atoms with Crippen molar-refractivity contribution in [3.05, 3.63) is 75.4 Å². The van der Waals surface area contributed by atoms with E-state index in [0.29, 0.717) is 15.9 Å². The van der Waals surface area contributed by atoms with Crippen LogP contribution in [0.25, 0.3) is 23.1 Å². The highest BCUT2D eigenvalue weighted by molar-refractivity contribution is 6.31. The van der Waals surface area contributed by atoms with Crippen molar-refractivity contribution in [2.75, 3.05) is 0 Å². The molecule has 0 N–H and O–H groups in total. The zero-order valence-electron chi connectivity index (χ0n) is 10.4. The second kappa shape index (κ2) is 5.31. The van der Waals surface area contributed by atoms with Crippen molar-refractivity contribution < 1.29 is 4.42 Å². The zero-order valence-corrected chi connectivity index (χ0v) is 11.2. The molecule has 0 aliphatic rings. The van der Waals surface area contributed by atoms with Crippen molar-refractivity contribution in [3.8, 4) is 0 Å². The van der Waals surface area contributed by atoms with Gasteiger partial charge in [0, 0.05) is 11.1 Å². The van der Waals surface area contributed by atoms with Gasteiger partial charge in [0.15, 0.2) is 0 Å². The number of nitrogens with zero attached hydrogens (tertiary/aromatic N) is 1.